The van der Waals surface area contributed by atoms with Crippen molar-refractivity contribution in [2.45, 2.75) is 12.8 Å². The minimum atomic E-state index is -0.479. The molecule has 2 unspecified atom stereocenters. The molecule has 0 spiro atoms. The fraction of sp³-hybridized carbons (Fsp3) is 0.357. The Morgan fingerprint density at radius 2 is 0.771 bits per heavy atom. The summed E-state index contributed by atoms with van der Waals surface area (Å²) in [6.07, 6.45) is 11.3. The Bertz CT molecular complexity index is 866. The van der Waals surface area contributed by atoms with Crippen molar-refractivity contribution in [1.29, 1.82) is 0 Å². The molecule has 1 fully saturated rings. The van der Waals surface area contributed by atoms with E-state index in [0.717, 1.165) is 0 Å². The maximum Gasteiger partial charge on any atom is 0.0915 e. The van der Waals surface area contributed by atoms with Gasteiger partial charge in [-0.2, -0.15) is 0 Å². The average Bonchev–Trinajstić information content (AvgIpc) is 2.91. The van der Waals surface area contributed by atoms with E-state index in [2.05, 4.69) is 96.3 Å². The van der Waals surface area contributed by atoms with Gasteiger partial charge in [0.15, 0.2) is 0 Å². The van der Waals surface area contributed by atoms with Gasteiger partial charge in [-0.3, -0.25) is 0 Å². The molecule has 0 amide bonds. The van der Waals surface area contributed by atoms with E-state index < -0.39 is 23.8 Å². The molecule has 1 aliphatic rings. The standard InChI is InChI=1S/C28H36NP3.2ClH.Ru/c1-4-12-26(13-5-1)30-20-10-22-31(27-14-6-2-7-15-27)24-18-29-19-25-32(23-11-21-30)28-16-8-3-9-17-28;;;/h1-9,12-17,29H,10-11,18-25H2;2*1H;/q;;;+2/p+1. The predicted octanol–water partition coefficient (Wildman–Crippen LogP) is 6.37. The van der Waals surface area contributed by atoms with Crippen LogP contribution in [0.15, 0.2) is 91.0 Å². The Kier molecular flexibility index (Phi) is 15.6. The molecule has 2 atom stereocenters. The second kappa shape index (κ2) is 18.4. The zero-order valence-corrected chi connectivity index (χ0v) is 26.6. The smallest absolute Gasteiger partial charge is 0.0915 e. The van der Waals surface area contributed by atoms with Gasteiger partial charge in [-0.15, -0.1) is 0 Å². The second-order valence-electron chi connectivity index (χ2n) is 8.92. The SMILES string of the molecule is [Cl][Ru][Cl].c1ccc([PH+]2CCC[PH+](c3ccccc3)CCNCC[PH+](c3ccccc3)CCC2)cc1. The van der Waals surface area contributed by atoms with Gasteiger partial charge in [0, 0.05) is 49.7 Å². The van der Waals surface area contributed by atoms with Crippen molar-refractivity contribution in [3.8, 4) is 0 Å². The summed E-state index contributed by atoms with van der Waals surface area (Å²) in [6, 6.07) is 34.3. The van der Waals surface area contributed by atoms with E-state index in [4.69, 9.17) is 19.4 Å². The third kappa shape index (κ3) is 11.2. The third-order valence-corrected chi connectivity index (χ3v) is 15.7. The Morgan fingerprint density at radius 1 is 0.486 bits per heavy atom. The van der Waals surface area contributed by atoms with Gasteiger partial charge in [0.2, 0.25) is 0 Å². The van der Waals surface area contributed by atoms with Crippen molar-refractivity contribution in [3.05, 3.63) is 91.0 Å². The summed E-state index contributed by atoms with van der Waals surface area (Å²) >= 11 is -0.346. The van der Waals surface area contributed by atoms with E-state index in [9.17, 15) is 0 Å². The van der Waals surface area contributed by atoms with Crippen molar-refractivity contribution in [1.82, 2.24) is 5.32 Å². The van der Waals surface area contributed by atoms with Gasteiger partial charge < -0.3 is 5.32 Å². The summed E-state index contributed by atoms with van der Waals surface area (Å²) in [6.45, 7) is 2.37. The molecule has 190 valence electrons. The molecule has 1 nitrogen and oxygen atoms in total. The normalized spacial score (nSPS) is 22.4. The van der Waals surface area contributed by atoms with Crippen molar-refractivity contribution in [2.24, 2.45) is 0 Å². The topological polar surface area (TPSA) is 12.0 Å². The maximum atomic E-state index is 4.85. The minimum Gasteiger partial charge on any atom is -0.310 e. The van der Waals surface area contributed by atoms with E-state index in [-0.39, 0.29) is 15.1 Å². The average molecular weight is 655 g/mol. The summed E-state index contributed by atoms with van der Waals surface area (Å²) in [5.41, 5.74) is 0. The molecule has 0 bridgehead atoms. The molecule has 4 rings (SSSR count). The van der Waals surface area contributed by atoms with Crippen LogP contribution in [0.5, 0.6) is 0 Å². The van der Waals surface area contributed by atoms with E-state index >= 15 is 0 Å². The summed E-state index contributed by atoms with van der Waals surface area (Å²) in [4.78, 5) is 0. The number of halogens is 2. The molecule has 3 aromatic carbocycles. The van der Waals surface area contributed by atoms with Gasteiger partial charge in [-0.1, -0.05) is 54.6 Å². The van der Waals surface area contributed by atoms with Crippen molar-refractivity contribution in [3.63, 3.8) is 0 Å². The van der Waals surface area contributed by atoms with Gasteiger partial charge >= 0.3 is 34.5 Å². The fourth-order valence-electron chi connectivity index (χ4n) is 4.90. The Balaban J connectivity index is 0.00000108. The zero-order chi connectivity index (χ0) is 24.6. The fourth-order valence-corrected chi connectivity index (χ4v) is 13.4. The maximum absolute atomic E-state index is 4.85. The van der Waals surface area contributed by atoms with Crippen molar-refractivity contribution >= 4 is 59.1 Å². The van der Waals surface area contributed by atoms with Crippen LogP contribution in [0.2, 0.25) is 0 Å². The third-order valence-electron chi connectivity index (χ3n) is 6.67. The van der Waals surface area contributed by atoms with Crippen LogP contribution in [0.4, 0.5) is 0 Å². The van der Waals surface area contributed by atoms with Crippen molar-refractivity contribution in [2.75, 3.05) is 50.1 Å². The van der Waals surface area contributed by atoms with Gasteiger partial charge in [0.25, 0.3) is 0 Å². The molecule has 0 radical (unpaired) electrons. The minimum absolute atomic E-state index is 0.346. The van der Waals surface area contributed by atoms with Crippen LogP contribution in [-0.4, -0.2) is 50.1 Å². The number of rotatable bonds is 3. The first-order chi connectivity index (χ1) is 17.3. The molecule has 7 heteroatoms. The number of hydrogen-bond acceptors (Lipinski definition) is 1. The molecule has 0 saturated carbocycles. The van der Waals surface area contributed by atoms with Crippen LogP contribution >= 0.6 is 43.1 Å². The van der Waals surface area contributed by atoms with E-state index in [1.54, 1.807) is 15.9 Å². The van der Waals surface area contributed by atoms with Crippen LogP contribution in [0.3, 0.4) is 0 Å². The van der Waals surface area contributed by atoms with Crippen LogP contribution in [-0.2, 0) is 15.1 Å². The monoisotopic (exact) mass is 654 g/mol. The van der Waals surface area contributed by atoms with Gasteiger partial charge in [0.05, 0.1) is 52.9 Å². The van der Waals surface area contributed by atoms with Crippen LogP contribution in [0.1, 0.15) is 12.8 Å². The molecule has 1 aliphatic heterocycles. The summed E-state index contributed by atoms with van der Waals surface area (Å²) in [7, 11) is 8.29. The molecular formula is C28H39Cl2NP3Ru+3. The molecule has 1 saturated heterocycles. The van der Waals surface area contributed by atoms with E-state index in [1.807, 2.05) is 0 Å². The number of benzene rings is 3. The quantitative estimate of drug-likeness (QED) is 0.256. The molecule has 35 heavy (non-hydrogen) atoms. The molecular weight excluding hydrogens is 615 g/mol. The van der Waals surface area contributed by atoms with Gasteiger partial charge in [-0.05, 0) is 36.4 Å². The Labute approximate surface area is 232 Å². The van der Waals surface area contributed by atoms with Gasteiger partial charge in [0.1, 0.15) is 0 Å². The first-order valence-electron chi connectivity index (χ1n) is 12.6. The first-order valence-corrected chi connectivity index (χ1v) is 22.8. The Hall–Kier alpha value is 0.113. The second-order valence-corrected chi connectivity index (χ2v) is 19.9. The van der Waals surface area contributed by atoms with E-state index in [1.165, 1.54) is 62.9 Å². The molecule has 0 aliphatic carbocycles. The van der Waals surface area contributed by atoms with Crippen LogP contribution in [0, 0.1) is 0 Å². The summed E-state index contributed by atoms with van der Waals surface area (Å²) < 4.78 is 0. The molecule has 1 heterocycles. The zero-order valence-electron chi connectivity index (χ0n) is 20.3. The summed E-state index contributed by atoms with van der Waals surface area (Å²) in [5.74, 6) is 0. The molecule has 1 N–H and O–H groups in total. The van der Waals surface area contributed by atoms with Crippen LogP contribution < -0.4 is 21.2 Å². The predicted molar refractivity (Wildman–Crippen MR) is 166 cm³/mol. The summed E-state index contributed by atoms with van der Waals surface area (Å²) in [5, 5.41) is 8.76. The van der Waals surface area contributed by atoms with Crippen LogP contribution in [0.25, 0.3) is 0 Å². The Morgan fingerprint density at radius 3 is 1.09 bits per heavy atom. The molecule has 3 aromatic rings. The first kappa shape index (κ1) is 29.7. The number of hydrogen-bond donors (Lipinski definition) is 1. The van der Waals surface area contributed by atoms with Crippen molar-refractivity contribution < 1.29 is 15.1 Å². The number of nitrogens with one attached hydrogen (secondary N) is 1. The van der Waals surface area contributed by atoms with Gasteiger partial charge in [-0.25, -0.2) is 0 Å². The largest absolute Gasteiger partial charge is 0.310 e. The molecule has 0 aromatic heterocycles. The van der Waals surface area contributed by atoms with E-state index in [0.29, 0.717) is 0 Å².